The molecule has 1 aliphatic carbocycles. The number of aliphatic hydroxyl groups is 1. The third-order valence-corrected chi connectivity index (χ3v) is 5.11. The Labute approximate surface area is 140 Å². The maximum absolute atomic E-state index is 11.9. The average molecular weight is 318 g/mol. The first-order chi connectivity index (χ1) is 10.8. The molecule has 1 fully saturated rings. The molecule has 0 bridgehead atoms. The maximum Gasteiger partial charge on any atom is 0.334 e. The highest BCUT2D eigenvalue weighted by Gasteiger charge is 2.41. The highest BCUT2D eigenvalue weighted by Crippen LogP contribution is 2.37. The van der Waals surface area contributed by atoms with Gasteiger partial charge >= 0.3 is 5.97 Å². The summed E-state index contributed by atoms with van der Waals surface area (Å²) in [4.78, 5) is 11.9. The van der Waals surface area contributed by atoms with Crippen molar-refractivity contribution < 1.29 is 14.6 Å². The van der Waals surface area contributed by atoms with Gasteiger partial charge in [0.25, 0.3) is 0 Å². The molecule has 0 aromatic rings. The second kappa shape index (κ2) is 7.48. The summed E-state index contributed by atoms with van der Waals surface area (Å²) in [6.45, 7) is 10.1. The summed E-state index contributed by atoms with van der Waals surface area (Å²) < 4.78 is 5.50. The van der Waals surface area contributed by atoms with Crippen molar-refractivity contribution in [3.63, 3.8) is 0 Å². The minimum absolute atomic E-state index is 0.0255. The molecule has 3 heteroatoms. The summed E-state index contributed by atoms with van der Waals surface area (Å²) >= 11 is 0. The van der Waals surface area contributed by atoms with Crippen LogP contribution in [-0.2, 0) is 9.53 Å². The van der Waals surface area contributed by atoms with E-state index in [0.717, 1.165) is 32.1 Å². The molecular formula is C20H30O3. The quantitative estimate of drug-likeness (QED) is 0.407. The summed E-state index contributed by atoms with van der Waals surface area (Å²) in [6.07, 6.45) is 10.2. The van der Waals surface area contributed by atoms with Gasteiger partial charge in [-0.15, -0.1) is 0 Å². The van der Waals surface area contributed by atoms with Crippen LogP contribution in [0.2, 0.25) is 0 Å². The molecule has 0 aromatic carbocycles. The van der Waals surface area contributed by atoms with Crippen molar-refractivity contribution in [3.05, 3.63) is 35.5 Å². The van der Waals surface area contributed by atoms with Crippen LogP contribution < -0.4 is 0 Å². The number of fused-ring (bicyclic) bond motifs is 1. The van der Waals surface area contributed by atoms with Crippen LogP contribution in [-0.4, -0.2) is 22.8 Å². The molecule has 0 amide bonds. The van der Waals surface area contributed by atoms with E-state index in [2.05, 4.69) is 32.6 Å². The number of rotatable bonds is 0. The number of allylic oxidation sites excluding steroid dienone is 4. The molecule has 3 atom stereocenters. The number of carbonyl (C=O) groups excluding carboxylic acids is 1. The van der Waals surface area contributed by atoms with Gasteiger partial charge in [-0.25, -0.2) is 4.79 Å². The molecule has 2 rings (SSSR count). The minimum Gasteiger partial charge on any atom is -0.458 e. The summed E-state index contributed by atoms with van der Waals surface area (Å²) in [5.41, 5.74) is 2.48. The van der Waals surface area contributed by atoms with E-state index in [1.165, 1.54) is 11.1 Å². The van der Waals surface area contributed by atoms with Crippen molar-refractivity contribution in [2.75, 3.05) is 0 Å². The van der Waals surface area contributed by atoms with Gasteiger partial charge in [-0.05, 0) is 59.3 Å². The molecule has 0 aromatic heterocycles. The normalized spacial score (nSPS) is 38.6. The van der Waals surface area contributed by atoms with E-state index >= 15 is 0 Å². The van der Waals surface area contributed by atoms with Gasteiger partial charge in [-0.3, -0.25) is 0 Å². The zero-order chi connectivity index (χ0) is 17.0. The fourth-order valence-electron chi connectivity index (χ4n) is 3.51. The Morgan fingerprint density at radius 2 is 1.87 bits per heavy atom. The largest absolute Gasteiger partial charge is 0.458 e. The third kappa shape index (κ3) is 5.07. The first-order valence-corrected chi connectivity index (χ1v) is 8.72. The number of ether oxygens (including phenoxy) is 1. The van der Waals surface area contributed by atoms with Crippen LogP contribution in [0.3, 0.4) is 0 Å². The van der Waals surface area contributed by atoms with Crippen molar-refractivity contribution in [3.8, 4) is 0 Å². The van der Waals surface area contributed by atoms with Crippen molar-refractivity contribution in [2.24, 2.45) is 5.92 Å². The van der Waals surface area contributed by atoms with Crippen LogP contribution in [0.25, 0.3) is 0 Å². The van der Waals surface area contributed by atoms with E-state index in [1.54, 1.807) is 0 Å². The van der Waals surface area contributed by atoms with Crippen LogP contribution in [0.1, 0.15) is 65.7 Å². The van der Waals surface area contributed by atoms with E-state index in [9.17, 15) is 9.90 Å². The number of esters is 1. The van der Waals surface area contributed by atoms with Crippen LogP contribution in [0.4, 0.5) is 0 Å². The summed E-state index contributed by atoms with van der Waals surface area (Å²) in [6, 6.07) is 0. The highest BCUT2D eigenvalue weighted by molar-refractivity contribution is 5.90. The van der Waals surface area contributed by atoms with E-state index in [1.807, 2.05) is 6.92 Å². The van der Waals surface area contributed by atoms with Gasteiger partial charge in [0.1, 0.15) is 6.10 Å². The van der Waals surface area contributed by atoms with Gasteiger partial charge in [0.15, 0.2) is 0 Å². The lowest BCUT2D eigenvalue weighted by atomic mass is 9.83. The summed E-state index contributed by atoms with van der Waals surface area (Å²) in [7, 11) is 0. The van der Waals surface area contributed by atoms with Crippen molar-refractivity contribution in [1.82, 2.24) is 0 Å². The second-order valence-corrected chi connectivity index (χ2v) is 7.49. The second-order valence-electron chi connectivity index (χ2n) is 7.49. The van der Waals surface area contributed by atoms with Crippen LogP contribution in [0.5, 0.6) is 0 Å². The first-order valence-electron chi connectivity index (χ1n) is 8.72. The smallest absolute Gasteiger partial charge is 0.334 e. The number of hydrogen-bond acceptors (Lipinski definition) is 3. The minimum atomic E-state index is -0.820. The topological polar surface area (TPSA) is 46.5 Å². The summed E-state index contributed by atoms with van der Waals surface area (Å²) in [5.74, 6) is -0.268. The van der Waals surface area contributed by atoms with Gasteiger partial charge in [0.05, 0.1) is 5.60 Å². The number of carbonyl (C=O) groups is 1. The van der Waals surface area contributed by atoms with Crippen LogP contribution in [0, 0.1) is 5.92 Å². The predicted octanol–water partition coefficient (Wildman–Crippen LogP) is 4.47. The lowest BCUT2D eigenvalue weighted by Crippen LogP contribution is -2.32. The molecule has 1 N–H and O–H groups in total. The highest BCUT2D eigenvalue weighted by atomic mass is 16.6. The Balaban J connectivity index is 2.18. The zero-order valence-corrected chi connectivity index (χ0v) is 14.7. The lowest BCUT2D eigenvalue weighted by molar-refractivity contribution is -0.141. The molecule has 3 nitrogen and oxygen atoms in total. The van der Waals surface area contributed by atoms with Gasteiger partial charge < -0.3 is 9.84 Å². The molecule has 0 spiro atoms. The van der Waals surface area contributed by atoms with Crippen LogP contribution >= 0.6 is 0 Å². The average Bonchev–Trinajstić information content (AvgIpc) is 2.70. The molecular weight excluding hydrogens is 288 g/mol. The molecule has 0 saturated carbocycles. The van der Waals surface area contributed by atoms with Crippen LogP contribution in [0.15, 0.2) is 35.5 Å². The molecule has 1 saturated heterocycles. The number of hydrogen-bond donors (Lipinski definition) is 1. The molecule has 2 aliphatic rings. The first kappa shape index (κ1) is 18.0. The van der Waals surface area contributed by atoms with E-state index in [-0.39, 0.29) is 18.0 Å². The molecule has 0 radical (unpaired) electrons. The Morgan fingerprint density at radius 3 is 2.61 bits per heavy atom. The van der Waals surface area contributed by atoms with Gasteiger partial charge in [-0.2, -0.15) is 0 Å². The zero-order valence-electron chi connectivity index (χ0n) is 14.7. The van der Waals surface area contributed by atoms with Crippen molar-refractivity contribution >= 4 is 5.97 Å². The fraction of sp³-hybridized carbons (Fsp3) is 0.650. The van der Waals surface area contributed by atoms with E-state index < -0.39 is 5.60 Å². The predicted molar refractivity (Wildman–Crippen MR) is 93.0 cm³/mol. The molecule has 1 aliphatic heterocycles. The third-order valence-electron chi connectivity index (χ3n) is 5.11. The Morgan fingerprint density at radius 1 is 1.22 bits per heavy atom. The van der Waals surface area contributed by atoms with Gasteiger partial charge in [0, 0.05) is 17.9 Å². The van der Waals surface area contributed by atoms with E-state index in [0.29, 0.717) is 18.4 Å². The molecule has 128 valence electrons. The maximum atomic E-state index is 11.9. The van der Waals surface area contributed by atoms with Gasteiger partial charge in [-0.1, -0.05) is 29.9 Å². The standard InChI is InChI=1S/C20H30O3/c1-14-7-5-8-15(2)10-11-17-16(3)19(21)23-18(17)13-20(4,22)12-6-9-14/h8-9,17-18,22H,3,5-7,10-13H2,1-2,4H3/b14-9+,15-8+/t17-,18+,20-/m0/s1. The monoisotopic (exact) mass is 318 g/mol. The SMILES string of the molecule is C=C1C(=O)O[C@@H]2C[C@@](C)(O)CC/C=C(\C)CC/C=C(\C)CC[C@@H]12. The molecule has 1 heterocycles. The van der Waals surface area contributed by atoms with Crippen molar-refractivity contribution in [2.45, 2.75) is 77.4 Å². The van der Waals surface area contributed by atoms with Gasteiger partial charge in [0.2, 0.25) is 0 Å². The Bertz CT molecular complexity index is 525. The summed E-state index contributed by atoms with van der Waals surface area (Å²) in [5, 5.41) is 10.7. The van der Waals surface area contributed by atoms with E-state index in [4.69, 9.17) is 4.74 Å². The molecule has 0 unspecified atom stereocenters. The van der Waals surface area contributed by atoms with Crippen molar-refractivity contribution in [1.29, 1.82) is 0 Å². The Kier molecular flexibility index (Phi) is 5.85. The molecule has 23 heavy (non-hydrogen) atoms. The fourth-order valence-corrected chi connectivity index (χ4v) is 3.51. The lowest BCUT2D eigenvalue weighted by Gasteiger charge is -2.28. The Hall–Kier alpha value is -1.35.